The number of imide groups is 1. The first kappa shape index (κ1) is 18.9. The lowest BCUT2D eigenvalue weighted by atomic mass is 10.1. The number of nitrogens with zero attached hydrogens (tertiary/aromatic N) is 1. The van der Waals surface area contributed by atoms with Crippen LogP contribution in [0.25, 0.3) is 0 Å². The Morgan fingerprint density at radius 2 is 1.76 bits per heavy atom. The number of amides is 3. The van der Waals surface area contributed by atoms with Crippen LogP contribution >= 0.6 is 0 Å². The van der Waals surface area contributed by atoms with Crippen molar-refractivity contribution in [2.24, 2.45) is 0 Å². The zero-order valence-corrected chi connectivity index (χ0v) is 15.9. The van der Waals surface area contributed by atoms with Gasteiger partial charge in [0.1, 0.15) is 0 Å². The molecule has 7 heteroatoms. The van der Waals surface area contributed by atoms with E-state index in [0.29, 0.717) is 0 Å². The molecule has 0 bridgehead atoms. The fourth-order valence-electron chi connectivity index (χ4n) is 3.16. The second-order valence-corrected chi connectivity index (χ2v) is 7.27. The summed E-state index contributed by atoms with van der Waals surface area (Å²) in [4.78, 5) is 50.9. The fraction of sp³-hybridized carbons (Fsp3) is 0.273. The van der Waals surface area contributed by atoms with Crippen LogP contribution in [0.3, 0.4) is 0 Å². The SMILES string of the molecule is C[C@@H](OC(=O)c1ccc2c(c1)C(=O)N(Cc1ccccc1)C2=O)C(=O)NC1CC1. The number of benzene rings is 2. The summed E-state index contributed by atoms with van der Waals surface area (Å²) in [6, 6.07) is 13.6. The van der Waals surface area contributed by atoms with Crippen LogP contribution in [0.1, 0.15) is 56.4 Å². The molecule has 1 fully saturated rings. The van der Waals surface area contributed by atoms with Crippen LogP contribution in [0.15, 0.2) is 48.5 Å². The minimum Gasteiger partial charge on any atom is -0.449 e. The molecule has 29 heavy (non-hydrogen) atoms. The Bertz CT molecular complexity index is 998. The molecule has 0 aromatic heterocycles. The second-order valence-electron chi connectivity index (χ2n) is 7.27. The summed E-state index contributed by atoms with van der Waals surface area (Å²) < 4.78 is 5.21. The van der Waals surface area contributed by atoms with Gasteiger partial charge in [-0.2, -0.15) is 0 Å². The van der Waals surface area contributed by atoms with Gasteiger partial charge in [0, 0.05) is 6.04 Å². The van der Waals surface area contributed by atoms with Crippen molar-refractivity contribution >= 4 is 23.7 Å². The molecule has 1 atom stereocenters. The molecular weight excluding hydrogens is 372 g/mol. The summed E-state index contributed by atoms with van der Waals surface area (Å²) >= 11 is 0. The molecule has 0 unspecified atom stereocenters. The summed E-state index contributed by atoms with van der Waals surface area (Å²) in [5, 5.41) is 2.77. The lowest BCUT2D eigenvalue weighted by molar-refractivity contribution is -0.129. The Balaban J connectivity index is 1.48. The van der Waals surface area contributed by atoms with Gasteiger partial charge in [0.15, 0.2) is 6.10 Å². The van der Waals surface area contributed by atoms with Gasteiger partial charge in [0.2, 0.25) is 0 Å². The van der Waals surface area contributed by atoms with E-state index >= 15 is 0 Å². The van der Waals surface area contributed by atoms with Gasteiger partial charge in [-0.15, -0.1) is 0 Å². The van der Waals surface area contributed by atoms with Crippen LogP contribution < -0.4 is 5.32 Å². The van der Waals surface area contributed by atoms with Crippen molar-refractivity contribution < 1.29 is 23.9 Å². The van der Waals surface area contributed by atoms with Crippen LogP contribution in [0, 0.1) is 0 Å². The monoisotopic (exact) mass is 392 g/mol. The fourth-order valence-corrected chi connectivity index (χ4v) is 3.16. The van der Waals surface area contributed by atoms with Crippen molar-refractivity contribution in [1.29, 1.82) is 0 Å². The van der Waals surface area contributed by atoms with Crippen molar-refractivity contribution in [3.05, 3.63) is 70.8 Å². The van der Waals surface area contributed by atoms with E-state index in [1.807, 2.05) is 30.3 Å². The first-order chi connectivity index (χ1) is 13.9. The lowest BCUT2D eigenvalue weighted by Gasteiger charge is -2.13. The molecule has 148 valence electrons. The van der Waals surface area contributed by atoms with Crippen LogP contribution in [0.4, 0.5) is 0 Å². The number of hydrogen-bond donors (Lipinski definition) is 1. The quantitative estimate of drug-likeness (QED) is 0.602. The molecule has 3 amide bonds. The number of esters is 1. The third-order valence-corrected chi connectivity index (χ3v) is 4.97. The summed E-state index contributed by atoms with van der Waals surface area (Å²) in [6.07, 6.45) is 0.933. The van der Waals surface area contributed by atoms with E-state index in [9.17, 15) is 19.2 Å². The predicted molar refractivity (Wildman–Crippen MR) is 103 cm³/mol. The Morgan fingerprint density at radius 1 is 1.07 bits per heavy atom. The average Bonchev–Trinajstić information content (AvgIpc) is 3.51. The second kappa shape index (κ2) is 7.50. The molecule has 0 spiro atoms. The van der Waals surface area contributed by atoms with E-state index in [0.717, 1.165) is 23.3 Å². The number of hydrogen-bond acceptors (Lipinski definition) is 5. The normalized spacial score (nSPS) is 16.4. The van der Waals surface area contributed by atoms with Crippen molar-refractivity contribution in [2.75, 3.05) is 0 Å². The molecule has 2 aliphatic rings. The van der Waals surface area contributed by atoms with Gasteiger partial charge in [0.05, 0.1) is 23.2 Å². The van der Waals surface area contributed by atoms with E-state index in [1.165, 1.54) is 25.1 Å². The minimum absolute atomic E-state index is 0.123. The average molecular weight is 392 g/mol. The standard InChI is InChI=1S/C22H20N2O5/c1-13(19(25)23-16-8-9-16)29-22(28)15-7-10-17-18(11-15)21(27)24(20(17)26)12-14-5-3-2-4-6-14/h2-7,10-11,13,16H,8-9,12H2,1H3,(H,23,25)/t13-/m1/s1. The number of carbonyl (C=O) groups is 4. The number of rotatable bonds is 6. The highest BCUT2D eigenvalue weighted by Gasteiger charge is 2.36. The summed E-state index contributed by atoms with van der Waals surface area (Å²) in [7, 11) is 0. The zero-order chi connectivity index (χ0) is 20.5. The van der Waals surface area contributed by atoms with Gasteiger partial charge in [-0.3, -0.25) is 19.3 Å². The Kier molecular flexibility index (Phi) is 4.88. The maximum atomic E-state index is 12.7. The Hall–Kier alpha value is -3.48. The third kappa shape index (κ3) is 3.89. The van der Waals surface area contributed by atoms with E-state index in [1.54, 1.807) is 0 Å². The zero-order valence-electron chi connectivity index (χ0n) is 15.9. The van der Waals surface area contributed by atoms with E-state index in [4.69, 9.17) is 4.74 Å². The number of nitrogens with one attached hydrogen (secondary N) is 1. The molecule has 2 aromatic carbocycles. The summed E-state index contributed by atoms with van der Waals surface area (Å²) in [5.41, 5.74) is 1.37. The van der Waals surface area contributed by atoms with Gasteiger partial charge < -0.3 is 10.1 Å². The molecule has 1 aliphatic carbocycles. The van der Waals surface area contributed by atoms with E-state index in [2.05, 4.69) is 5.32 Å². The first-order valence-corrected chi connectivity index (χ1v) is 9.49. The molecular formula is C22H20N2O5. The summed E-state index contributed by atoms with van der Waals surface area (Å²) in [5.74, 6) is -1.91. The first-order valence-electron chi connectivity index (χ1n) is 9.49. The molecule has 2 aromatic rings. The van der Waals surface area contributed by atoms with Gasteiger partial charge in [-0.1, -0.05) is 30.3 Å². The number of ether oxygens (including phenoxy) is 1. The van der Waals surface area contributed by atoms with Crippen molar-refractivity contribution in [2.45, 2.75) is 38.5 Å². The molecule has 1 N–H and O–H groups in total. The predicted octanol–water partition coefficient (Wildman–Crippen LogP) is 2.31. The maximum Gasteiger partial charge on any atom is 0.338 e. The van der Waals surface area contributed by atoms with Crippen molar-refractivity contribution in [1.82, 2.24) is 10.2 Å². The van der Waals surface area contributed by atoms with Crippen molar-refractivity contribution in [3.8, 4) is 0 Å². The van der Waals surface area contributed by atoms with Gasteiger partial charge in [0.25, 0.3) is 17.7 Å². The largest absolute Gasteiger partial charge is 0.449 e. The highest BCUT2D eigenvalue weighted by atomic mass is 16.5. The lowest BCUT2D eigenvalue weighted by Crippen LogP contribution is -2.37. The van der Waals surface area contributed by atoms with E-state index < -0.39 is 23.9 Å². The van der Waals surface area contributed by atoms with Crippen LogP contribution in [0.2, 0.25) is 0 Å². The smallest absolute Gasteiger partial charge is 0.338 e. The Labute approximate surface area is 167 Å². The number of fused-ring (bicyclic) bond motifs is 1. The molecule has 0 radical (unpaired) electrons. The Morgan fingerprint density at radius 3 is 2.45 bits per heavy atom. The van der Waals surface area contributed by atoms with Gasteiger partial charge >= 0.3 is 5.97 Å². The number of carbonyl (C=O) groups excluding carboxylic acids is 4. The van der Waals surface area contributed by atoms with Crippen LogP contribution in [-0.2, 0) is 16.1 Å². The third-order valence-electron chi connectivity index (χ3n) is 4.97. The molecule has 7 nitrogen and oxygen atoms in total. The maximum absolute atomic E-state index is 12.7. The van der Waals surface area contributed by atoms with Crippen molar-refractivity contribution in [3.63, 3.8) is 0 Å². The summed E-state index contributed by atoms with van der Waals surface area (Å²) in [6.45, 7) is 1.66. The molecule has 1 aliphatic heterocycles. The molecule has 1 heterocycles. The molecule has 0 saturated heterocycles. The highest BCUT2D eigenvalue weighted by Crippen LogP contribution is 2.26. The van der Waals surface area contributed by atoms with Crippen LogP contribution in [0.5, 0.6) is 0 Å². The highest BCUT2D eigenvalue weighted by molar-refractivity contribution is 6.21. The van der Waals surface area contributed by atoms with E-state index in [-0.39, 0.29) is 35.2 Å². The van der Waals surface area contributed by atoms with Gasteiger partial charge in [-0.05, 0) is 43.5 Å². The minimum atomic E-state index is -0.941. The molecule has 1 saturated carbocycles. The van der Waals surface area contributed by atoms with Gasteiger partial charge in [-0.25, -0.2) is 4.79 Å². The molecule has 4 rings (SSSR count). The topological polar surface area (TPSA) is 92.8 Å². The van der Waals surface area contributed by atoms with Crippen LogP contribution in [-0.4, -0.2) is 40.7 Å².